The van der Waals surface area contributed by atoms with E-state index in [1.54, 1.807) is 18.2 Å². The minimum atomic E-state index is -0.307. The molecule has 0 saturated carbocycles. The average molecular weight is 394 g/mol. The van der Waals surface area contributed by atoms with Crippen molar-refractivity contribution in [2.24, 2.45) is 5.92 Å². The van der Waals surface area contributed by atoms with Crippen LogP contribution < -0.4 is 14.8 Å². The summed E-state index contributed by atoms with van der Waals surface area (Å²) < 4.78 is 11.0. The van der Waals surface area contributed by atoms with Crippen molar-refractivity contribution in [3.63, 3.8) is 0 Å². The lowest BCUT2D eigenvalue weighted by atomic mass is 9.90. The first-order chi connectivity index (χ1) is 14.2. The molecule has 1 fully saturated rings. The standard InChI is InChI=1S/C23H26N2O4/c26-22(24-19-6-7-20-21(15-19)29-13-12-28-20)16-23(27)25-10-8-18(9-11-25)14-17-4-2-1-3-5-17/h1-7,15,18H,8-14,16H2,(H,24,26). The maximum absolute atomic E-state index is 12.5. The van der Waals surface area contributed by atoms with E-state index in [0.717, 1.165) is 19.3 Å². The summed E-state index contributed by atoms with van der Waals surface area (Å²) in [5.74, 6) is 1.45. The number of piperidine rings is 1. The predicted molar refractivity (Wildman–Crippen MR) is 110 cm³/mol. The molecule has 0 aliphatic carbocycles. The third kappa shape index (κ3) is 5.08. The van der Waals surface area contributed by atoms with Gasteiger partial charge in [0.25, 0.3) is 0 Å². The molecule has 2 aliphatic heterocycles. The van der Waals surface area contributed by atoms with Gasteiger partial charge in [0.1, 0.15) is 19.6 Å². The number of nitrogens with one attached hydrogen (secondary N) is 1. The third-order valence-corrected chi connectivity index (χ3v) is 5.47. The van der Waals surface area contributed by atoms with Gasteiger partial charge in [-0.15, -0.1) is 0 Å². The fourth-order valence-electron chi connectivity index (χ4n) is 3.91. The molecule has 6 heteroatoms. The van der Waals surface area contributed by atoms with Crippen LogP contribution >= 0.6 is 0 Å². The Kier molecular flexibility index (Phi) is 5.98. The van der Waals surface area contributed by atoms with Crippen molar-refractivity contribution in [1.29, 1.82) is 0 Å². The fourth-order valence-corrected chi connectivity index (χ4v) is 3.91. The number of rotatable bonds is 5. The van der Waals surface area contributed by atoms with Crippen molar-refractivity contribution in [3.8, 4) is 11.5 Å². The topological polar surface area (TPSA) is 67.9 Å². The third-order valence-electron chi connectivity index (χ3n) is 5.47. The molecule has 2 heterocycles. The van der Waals surface area contributed by atoms with Gasteiger partial charge < -0.3 is 19.7 Å². The molecule has 2 amide bonds. The van der Waals surface area contributed by atoms with Crippen molar-refractivity contribution in [3.05, 3.63) is 54.1 Å². The van der Waals surface area contributed by atoms with E-state index in [1.807, 2.05) is 11.0 Å². The van der Waals surface area contributed by atoms with Crippen LogP contribution in [-0.4, -0.2) is 43.0 Å². The number of ether oxygens (including phenoxy) is 2. The van der Waals surface area contributed by atoms with Gasteiger partial charge in [0, 0.05) is 24.8 Å². The van der Waals surface area contributed by atoms with Crippen molar-refractivity contribution >= 4 is 17.5 Å². The Bertz CT molecular complexity index is 860. The first-order valence-electron chi connectivity index (χ1n) is 10.2. The lowest BCUT2D eigenvalue weighted by Gasteiger charge is -2.32. The number of fused-ring (bicyclic) bond motifs is 1. The highest BCUT2D eigenvalue weighted by Gasteiger charge is 2.24. The highest BCUT2D eigenvalue weighted by molar-refractivity contribution is 6.03. The lowest BCUT2D eigenvalue weighted by Crippen LogP contribution is -2.40. The maximum atomic E-state index is 12.5. The van der Waals surface area contributed by atoms with Gasteiger partial charge in [-0.1, -0.05) is 30.3 Å². The Morgan fingerprint density at radius 3 is 2.45 bits per heavy atom. The molecule has 0 unspecified atom stereocenters. The second-order valence-corrected chi connectivity index (χ2v) is 7.60. The summed E-state index contributed by atoms with van der Waals surface area (Å²) in [5.41, 5.74) is 1.95. The van der Waals surface area contributed by atoms with Crippen LogP contribution in [0.3, 0.4) is 0 Å². The molecule has 0 aromatic heterocycles. The van der Waals surface area contributed by atoms with E-state index in [4.69, 9.17) is 9.47 Å². The predicted octanol–water partition coefficient (Wildman–Crippen LogP) is 3.27. The largest absolute Gasteiger partial charge is 0.486 e. The zero-order valence-electron chi connectivity index (χ0n) is 16.4. The van der Waals surface area contributed by atoms with Crippen LogP contribution in [0.5, 0.6) is 11.5 Å². The van der Waals surface area contributed by atoms with Crippen molar-refractivity contribution in [2.45, 2.75) is 25.7 Å². The summed E-state index contributed by atoms with van der Waals surface area (Å²) in [6.45, 7) is 2.44. The summed E-state index contributed by atoms with van der Waals surface area (Å²) >= 11 is 0. The molecular formula is C23H26N2O4. The zero-order chi connectivity index (χ0) is 20.1. The van der Waals surface area contributed by atoms with Gasteiger partial charge >= 0.3 is 0 Å². The number of hydrogen-bond acceptors (Lipinski definition) is 4. The Hall–Kier alpha value is -3.02. The molecule has 0 bridgehead atoms. The highest BCUT2D eigenvalue weighted by atomic mass is 16.6. The zero-order valence-corrected chi connectivity index (χ0v) is 16.4. The summed E-state index contributed by atoms with van der Waals surface area (Å²) in [7, 11) is 0. The van der Waals surface area contributed by atoms with Crippen molar-refractivity contribution in [1.82, 2.24) is 4.90 Å². The number of likely N-dealkylation sites (tertiary alicyclic amines) is 1. The van der Waals surface area contributed by atoms with Crippen molar-refractivity contribution in [2.75, 3.05) is 31.6 Å². The first kappa shape index (κ1) is 19.3. The van der Waals surface area contributed by atoms with E-state index in [9.17, 15) is 9.59 Å². The molecule has 4 rings (SSSR count). The fraction of sp³-hybridized carbons (Fsp3) is 0.391. The van der Waals surface area contributed by atoms with Crippen molar-refractivity contribution < 1.29 is 19.1 Å². The second kappa shape index (κ2) is 8.99. The molecule has 2 aromatic rings. The Morgan fingerprint density at radius 1 is 0.966 bits per heavy atom. The molecule has 2 aromatic carbocycles. The summed E-state index contributed by atoms with van der Waals surface area (Å²) in [6.07, 6.45) is 2.86. The number of benzene rings is 2. The lowest BCUT2D eigenvalue weighted by molar-refractivity contribution is -0.135. The molecule has 1 saturated heterocycles. The van der Waals surface area contributed by atoms with E-state index < -0.39 is 0 Å². The molecular weight excluding hydrogens is 368 g/mol. The van der Waals surface area contributed by atoms with Gasteiger partial charge in [0.15, 0.2) is 11.5 Å². The molecule has 152 valence electrons. The van der Waals surface area contributed by atoms with Gasteiger partial charge in [-0.3, -0.25) is 9.59 Å². The first-order valence-corrected chi connectivity index (χ1v) is 10.2. The maximum Gasteiger partial charge on any atom is 0.233 e. The second-order valence-electron chi connectivity index (χ2n) is 7.60. The minimum Gasteiger partial charge on any atom is -0.486 e. The monoisotopic (exact) mass is 394 g/mol. The number of carbonyl (C=O) groups excluding carboxylic acids is 2. The summed E-state index contributed by atoms with van der Waals surface area (Å²) in [6, 6.07) is 15.7. The molecule has 1 N–H and O–H groups in total. The normalized spacial score (nSPS) is 16.3. The van der Waals surface area contributed by atoms with Gasteiger partial charge in [0.05, 0.1) is 0 Å². The van der Waals surface area contributed by atoms with Crippen LogP contribution in [0.1, 0.15) is 24.8 Å². The SMILES string of the molecule is O=C(CC(=O)N1CCC(Cc2ccccc2)CC1)Nc1ccc2c(c1)OCCO2. The Morgan fingerprint density at radius 2 is 1.69 bits per heavy atom. The summed E-state index contributed by atoms with van der Waals surface area (Å²) in [4.78, 5) is 26.6. The van der Waals surface area contributed by atoms with Gasteiger partial charge in [-0.05, 0) is 42.9 Å². The quantitative estimate of drug-likeness (QED) is 0.791. The van der Waals surface area contributed by atoms with E-state index in [-0.39, 0.29) is 18.2 Å². The van der Waals surface area contributed by atoms with E-state index in [0.29, 0.717) is 49.4 Å². The number of nitrogens with zero attached hydrogens (tertiary/aromatic N) is 1. The van der Waals surface area contributed by atoms with Crippen LogP contribution in [0, 0.1) is 5.92 Å². The molecule has 6 nitrogen and oxygen atoms in total. The minimum absolute atomic E-state index is 0.113. The highest BCUT2D eigenvalue weighted by Crippen LogP contribution is 2.32. The molecule has 0 radical (unpaired) electrons. The van der Waals surface area contributed by atoms with E-state index in [1.165, 1.54) is 5.56 Å². The van der Waals surface area contributed by atoms with Crippen LogP contribution in [0.4, 0.5) is 5.69 Å². The number of carbonyl (C=O) groups is 2. The van der Waals surface area contributed by atoms with Crippen LogP contribution in [0.15, 0.2) is 48.5 Å². The van der Waals surface area contributed by atoms with Crippen LogP contribution in [0.25, 0.3) is 0 Å². The number of anilines is 1. The van der Waals surface area contributed by atoms with E-state index >= 15 is 0 Å². The van der Waals surface area contributed by atoms with Gasteiger partial charge in [0.2, 0.25) is 11.8 Å². The van der Waals surface area contributed by atoms with Crippen LogP contribution in [-0.2, 0) is 16.0 Å². The Labute approximate surface area is 170 Å². The molecule has 2 aliphatic rings. The molecule has 0 atom stereocenters. The average Bonchev–Trinajstić information content (AvgIpc) is 2.75. The molecule has 0 spiro atoms. The van der Waals surface area contributed by atoms with Crippen LogP contribution in [0.2, 0.25) is 0 Å². The van der Waals surface area contributed by atoms with Gasteiger partial charge in [-0.25, -0.2) is 0 Å². The Balaban J connectivity index is 1.24. The van der Waals surface area contributed by atoms with Gasteiger partial charge in [-0.2, -0.15) is 0 Å². The summed E-state index contributed by atoms with van der Waals surface area (Å²) in [5, 5.41) is 2.78. The number of amides is 2. The van der Waals surface area contributed by atoms with E-state index in [2.05, 4.69) is 29.6 Å². The number of hydrogen-bond donors (Lipinski definition) is 1. The molecule has 29 heavy (non-hydrogen) atoms. The smallest absolute Gasteiger partial charge is 0.233 e.